The number of carbonyl (C=O) groups is 1. The van der Waals surface area contributed by atoms with Crippen LogP contribution in [0.1, 0.15) is 28.9 Å². The van der Waals surface area contributed by atoms with Crippen LogP contribution in [0.4, 0.5) is 5.82 Å². The minimum absolute atomic E-state index is 0.0149. The molecule has 5 heteroatoms. The molecule has 0 spiro atoms. The van der Waals surface area contributed by atoms with Crippen molar-refractivity contribution >= 4 is 11.8 Å². The molecule has 0 atom stereocenters. The summed E-state index contributed by atoms with van der Waals surface area (Å²) in [6.45, 7) is 2.54. The minimum atomic E-state index is -0.962. The molecule has 92 valence electrons. The Bertz CT molecular complexity index is 441. The third-order valence-corrected chi connectivity index (χ3v) is 3.25. The van der Waals surface area contributed by atoms with E-state index >= 15 is 0 Å². The Morgan fingerprint density at radius 2 is 2.24 bits per heavy atom. The first-order chi connectivity index (χ1) is 8.06. The van der Waals surface area contributed by atoms with Gasteiger partial charge in [0.2, 0.25) is 0 Å². The average molecular weight is 236 g/mol. The maximum atomic E-state index is 10.8. The molecule has 0 aromatic carbocycles. The average Bonchev–Trinajstić information content (AvgIpc) is 3.07. The van der Waals surface area contributed by atoms with E-state index in [-0.39, 0.29) is 17.6 Å². The Morgan fingerprint density at radius 1 is 1.53 bits per heavy atom. The number of carboxylic acids is 1. The van der Waals surface area contributed by atoms with Crippen LogP contribution in [0.2, 0.25) is 0 Å². The molecule has 1 aromatic rings. The number of pyridine rings is 1. The van der Waals surface area contributed by atoms with Crippen LogP contribution in [0, 0.1) is 12.3 Å². The Balaban J connectivity index is 2.03. The van der Waals surface area contributed by atoms with Gasteiger partial charge in [0.1, 0.15) is 5.82 Å². The van der Waals surface area contributed by atoms with Crippen molar-refractivity contribution in [3.8, 4) is 0 Å². The Kier molecular flexibility index (Phi) is 3.02. The fourth-order valence-electron chi connectivity index (χ4n) is 1.73. The van der Waals surface area contributed by atoms with Crippen molar-refractivity contribution in [1.82, 2.24) is 4.98 Å². The lowest BCUT2D eigenvalue weighted by molar-refractivity contribution is 0.0695. The smallest absolute Gasteiger partial charge is 0.337 e. The minimum Gasteiger partial charge on any atom is -0.478 e. The van der Waals surface area contributed by atoms with E-state index in [2.05, 4.69) is 10.3 Å². The molecule has 0 saturated heterocycles. The van der Waals surface area contributed by atoms with E-state index in [9.17, 15) is 4.79 Å². The number of rotatable bonds is 5. The first-order valence-corrected chi connectivity index (χ1v) is 5.62. The van der Waals surface area contributed by atoms with E-state index in [1.165, 1.54) is 0 Å². The van der Waals surface area contributed by atoms with Crippen LogP contribution in [-0.4, -0.2) is 34.3 Å². The van der Waals surface area contributed by atoms with Gasteiger partial charge in [0.25, 0.3) is 0 Å². The number of hydrogen-bond donors (Lipinski definition) is 3. The Morgan fingerprint density at radius 3 is 2.71 bits per heavy atom. The third kappa shape index (κ3) is 2.55. The van der Waals surface area contributed by atoms with Gasteiger partial charge >= 0.3 is 5.97 Å². The summed E-state index contributed by atoms with van der Waals surface area (Å²) in [5.74, 6) is -0.303. The molecule has 0 bridgehead atoms. The Hall–Kier alpha value is -1.62. The van der Waals surface area contributed by atoms with Gasteiger partial charge in [-0.05, 0) is 31.9 Å². The number of aromatic nitrogens is 1. The standard InChI is InChI=1S/C12H16N2O3/c1-8-9(11(16)17)2-3-10(14-8)13-6-12(7-15)4-5-12/h2-3,15H,4-7H2,1H3,(H,13,14)(H,16,17). The number of aliphatic hydroxyl groups is 1. The molecule has 1 aromatic heterocycles. The van der Waals surface area contributed by atoms with Gasteiger partial charge in [0, 0.05) is 12.0 Å². The van der Waals surface area contributed by atoms with Crippen LogP contribution in [-0.2, 0) is 0 Å². The third-order valence-electron chi connectivity index (χ3n) is 3.25. The number of aryl methyl sites for hydroxylation is 1. The fourth-order valence-corrected chi connectivity index (χ4v) is 1.73. The van der Waals surface area contributed by atoms with Crippen molar-refractivity contribution in [2.75, 3.05) is 18.5 Å². The van der Waals surface area contributed by atoms with Crippen LogP contribution in [0.25, 0.3) is 0 Å². The van der Waals surface area contributed by atoms with Crippen LogP contribution < -0.4 is 5.32 Å². The second kappa shape index (κ2) is 4.33. The summed E-state index contributed by atoms with van der Waals surface area (Å²) in [5, 5.41) is 21.2. The zero-order valence-corrected chi connectivity index (χ0v) is 9.73. The summed E-state index contributed by atoms with van der Waals surface area (Å²) < 4.78 is 0. The number of hydrogen-bond acceptors (Lipinski definition) is 4. The van der Waals surface area contributed by atoms with Crippen molar-refractivity contribution in [2.45, 2.75) is 19.8 Å². The molecule has 1 heterocycles. The largest absolute Gasteiger partial charge is 0.478 e. The number of aromatic carboxylic acids is 1. The van der Waals surface area contributed by atoms with E-state index in [4.69, 9.17) is 10.2 Å². The predicted octanol–water partition coefficient (Wildman–Crippen LogP) is 1.27. The highest BCUT2D eigenvalue weighted by atomic mass is 16.4. The number of nitrogens with zero attached hydrogens (tertiary/aromatic N) is 1. The van der Waals surface area contributed by atoms with Crippen LogP contribution in [0.3, 0.4) is 0 Å². The molecule has 0 radical (unpaired) electrons. The molecule has 1 aliphatic rings. The molecule has 17 heavy (non-hydrogen) atoms. The van der Waals surface area contributed by atoms with Crippen molar-refractivity contribution in [1.29, 1.82) is 0 Å². The van der Waals surface area contributed by atoms with Crippen LogP contribution in [0.5, 0.6) is 0 Å². The van der Waals surface area contributed by atoms with Gasteiger partial charge in [-0.2, -0.15) is 0 Å². The monoisotopic (exact) mass is 236 g/mol. The molecular weight excluding hydrogens is 220 g/mol. The summed E-state index contributed by atoms with van der Waals surface area (Å²) in [7, 11) is 0. The quantitative estimate of drug-likeness (QED) is 0.717. The maximum absolute atomic E-state index is 10.8. The predicted molar refractivity (Wildman–Crippen MR) is 63.2 cm³/mol. The van der Waals surface area contributed by atoms with Crippen molar-refractivity contribution < 1.29 is 15.0 Å². The molecule has 2 rings (SSSR count). The lowest BCUT2D eigenvalue weighted by atomic mass is 10.1. The van der Waals surface area contributed by atoms with Crippen molar-refractivity contribution in [2.24, 2.45) is 5.41 Å². The molecule has 5 nitrogen and oxygen atoms in total. The number of carboxylic acid groups (broad SMARTS) is 1. The number of nitrogens with one attached hydrogen (secondary N) is 1. The van der Waals surface area contributed by atoms with Crippen LogP contribution >= 0.6 is 0 Å². The molecule has 1 saturated carbocycles. The molecule has 1 fully saturated rings. The van der Waals surface area contributed by atoms with Gasteiger partial charge in [0.15, 0.2) is 0 Å². The van der Waals surface area contributed by atoms with Gasteiger partial charge in [-0.25, -0.2) is 9.78 Å². The SMILES string of the molecule is Cc1nc(NCC2(CO)CC2)ccc1C(=O)O. The van der Waals surface area contributed by atoms with E-state index in [0.29, 0.717) is 18.1 Å². The molecule has 3 N–H and O–H groups in total. The zero-order chi connectivity index (χ0) is 12.5. The summed E-state index contributed by atoms with van der Waals surface area (Å²) in [5.41, 5.74) is 0.733. The lowest BCUT2D eigenvalue weighted by Crippen LogP contribution is -2.19. The molecular formula is C12H16N2O3. The van der Waals surface area contributed by atoms with Gasteiger partial charge in [-0.1, -0.05) is 0 Å². The first-order valence-electron chi connectivity index (χ1n) is 5.62. The first kappa shape index (κ1) is 11.9. The highest BCUT2D eigenvalue weighted by molar-refractivity contribution is 5.89. The van der Waals surface area contributed by atoms with Gasteiger partial charge in [0.05, 0.1) is 17.9 Å². The molecule has 0 aliphatic heterocycles. The fraction of sp³-hybridized carbons (Fsp3) is 0.500. The van der Waals surface area contributed by atoms with Crippen molar-refractivity contribution in [3.05, 3.63) is 23.4 Å². The van der Waals surface area contributed by atoms with Crippen molar-refractivity contribution in [3.63, 3.8) is 0 Å². The van der Waals surface area contributed by atoms with Gasteiger partial charge < -0.3 is 15.5 Å². The summed E-state index contributed by atoms with van der Waals surface area (Å²) in [6, 6.07) is 3.20. The van der Waals surface area contributed by atoms with E-state index in [1.54, 1.807) is 19.1 Å². The highest BCUT2D eigenvalue weighted by Crippen LogP contribution is 2.44. The maximum Gasteiger partial charge on any atom is 0.337 e. The lowest BCUT2D eigenvalue weighted by Gasteiger charge is -2.13. The van der Waals surface area contributed by atoms with Gasteiger partial charge in [-0.3, -0.25) is 0 Å². The van der Waals surface area contributed by atoms with Gasteiger partial charge in [-0.15, -0.1) is 0 Å². The summed E-state index contributed by atoms with van der Waals surface area (Å²) in [6.07, 6.45) is 2.06. The van der Waals surface area contributed by atoms with Crippen LogP contribution in [0.15, 0.2) is 12.1 Å². The molecule has 0 unspecified atom stereocenters. The van der Waals surface area contributed by atoms with E-state index in [0.717, 1.165) is 12.8 Å². The van der Waals surface area contributed by atoms with E-state index in [1.807, 2.05) is 0 Å². The highest BCUT2D eigenvalue weighted by Gasteiger charge is 2.41. The van der Waals surface area contributed by atoms with E-state index < -0.39 is 5.97 Å². The summed E-state index contributed by atoms with van der Waals surface area (Å²) in [4.78, 5) is 15.0. The number of anilines is 1. The zero-order valence-electron chi connectivity index (χ0n) is 9.73. The molecule has 0 amide bonds. The Labute approximate surface area is 99.5 Å². The molecule has 1 aliphatic carbocycles. The second-order valence-corrected chi connectivity index (χ2v) is 4.65. The summed E-state index contributed by atoms with van der Waals surface area (Å²) >= 11 is 0. The normalized spacial score (nSPS) is 16.6. The number of aliphatic hydroxyl groups excluding tert-OH is 1. The topological polar surface area (TPSA) is 82.5 Å². The second-order valence-electron chi connectivity index (χ2n) is 4.65.